The first kappa shape index (κ1) is 14.4. The normalized spacial score (nSPS) is 11.1. The van der Waals surface area contributed by atoms with Crippen LogP contribution in [0.25, 0.3) is 0 Å². The molecule has 18 heavy (non-hydrogen) atoms. The van der Waals surface area contributed by atoms with Crippen LogP contribution in [0.4, 0.5) is 13.2 Å². The third-order valence-electron chi connectivity index (χ3n) is 2.20. The number of halogens is 3. The summed E-state index contributed by atoms with van der Waals surface area (Å²) in [5.41, 5.74) is 4.64. The summed E-state index contributed by atoms with van der Waals surface area (Å²) < 4.78 is 37.0. The van der Waals surface area contributed by atoms with E-state index in [-0.39, 0.29) is 17.1 Å². The van der Waals surface area contributed by atoms with Crippen LogP contribution in [-0.2, 0) is 6.18 Å². The van der Waals surface area contributed by atoms with Gasteiger partial charge in [-0.3, -0.25) is 4.79 Å². The molecule has 0 atom stereocenters. The van der Waals surface area contributed by atoms with Crippen LogP contribution in [0, 0.1) is 0 Å². The number of nitrogens with zero attached hydrogens (tertiary/aromatic N) is 1. The van der Waals surface area contributed by atoms with Crippen LogP contribution in [-0.4, -0.2) is 29.4 Å². The first-order valence-electron chi connectivity index (χ1n) is 4.93. The van der Waals surface area contributed by atoms with E-state index in [4.69, 9.17) is 5.73 Å². The number of likely N-dealkylation sites (N-methyl/N-ethyl adjacent to an activating group) is 1. The molecule has 2 N–H and O–H groups in total. The van der Waals surface area contributed by atoms with Crippen molar-refractivity contribution in [1.82, 2.24) is 4.90 Å². The average Bonchev–Trinajstić information content (AvgIpc) is 2.26. The van der Waals surface area contributed by atoms with E-state index in [1.807, 2.05) is 0 Å². The molecule has 0 saturated carbocycles. The lowest BCUT2D eigenvalue weighted by molar-refractivity contribution is -0.137. The largest absolute Gasteiger partial charge is 0.416 e. The fraction of sp³-hybridized carbons (Fsp3) is 0.273. The summed E-state index contributed by atoms with van der Waals surface area (Å²) in [6, 6.07) is 3.98. The number of nitrogens with two attached hydrogens (primary N) is 1. The van der Waals surface area contributed by atoms with Crippen LogP contribution >= 0.6 is 12.2 Å². The quantitative estimate of drug-likeness (QED) is 0.860. The third-order valence-corrected chi connectivity index (χ3v) is 2.33. The lowest BCUT2D eigenvalue weighted by atomic mass is 10.1. The first-order valence-corrected chi connectivity index (χ1v) is 5.33. The summed E-state index contributed by atoms with van der Waals surface area (Å²) >= 11 is 4.65. The van der Waals surface area contributed by atoms with Gasteiger partial charge in [-0.25, -0.2) is 0 Å². The van der Waals surface area contributed by atoms with Gasteiger partial charge in [0.05, 0.1) is 17.1 Å². The minimum atomic E-state index is -4.41. The molecule has 0 radical (unpaired) electrons. The fourth-order valence-electron chi connectivity index (χ4n) is 1.33. The van der Waals surface area contributed by atoms with Crippen molar-refractivity contribution in [2.24, 2.45) is 5.73 Å². The SMILES string of the molecule is CN(CC(N)=S)C(=O)c1ccc(C(F)(F)F)cc1. The Bertz CT molecular complexity index is 456. The minimum absolute atomic E-state index is 0.0786. The smallest absolute Gasteiger partial charge is 0.392 e. The Kier molecular flexibility index (Phi) is 4.28. The Hall–Kier alpha value is -1.63. The summed E-state index contributed by atoms with van der Waals surface area (Å²) in [4.78, 5) is 13.1. The van der Waals surface area contributed by atoms with Crippen LogP contribution in [0.2, 0.25) is 0 Å². The van der Waals surface area contributed by atoms with Gasteiger partial charge in [-0.05, 0) is 24.3 Å². The second-order valence-electron chi connectivity index (χ2n) is 3.70. The molecule has 0 spiro atoms. The van der Waals surface area contributed by atoms with Crippen molar-refractivity contribution in [1.29, 1.82) is 0 Å². The van der Waals surface area contributed by atoms with Gasteiger partial charge in [-0.2, -0.15) is 13.2 Å². The van der Waals surface area contributed by atoms with E-state index in [1.165, 1.54) is 11.9 Å². The summed E-state index contributed by atoms with van der Waals surface area (Å²) in [6.45, 7) is 0.0786. The third kappa shape index (κ3) is 3.69. The predicted molar refractivity (Wildman–Crippen MR) is 65.2 cm³/mol. The van der Waals surface area contributed by atoms with Crippen LogP contribution < -0.4 is 5.73 Å². The Morgan fingerprint density at radius 1 is 1.33 bits per heavy atom. The van der Waals surface area contributed by atoms with E-state index in [1.54, 1.807) is 0 Å². The standard InChI is InChI=1S/C11H11F3N2OS/c1-16(6-9(15)18)10(17)7-2-4-8(5-3-7)11(12,13)14/h2-5H,6H2,1H3,(H2,15,18). The van der Waals surface area contributed by atoms with Gasteiger partial charge in [0.1, 0.15) is 0 Å². The molecule has 1 amide bonds. The van der Waals surface area contributed by atoms with Gasteiger partial charge in [0.25, 0.3) is 5.91 Å². The van der Waals surface area contributed by atoms with Crippen molar-refractivity contribution < 1.29 is 18.0 Å². The van der Waals surface area contributed by atoms with Crippen LogP contribution in [0.3, 0.4) is 0 Å². The molecular formula is C11H11F3N2OS. The van der Waals surface area contributed by atoms with Gasteiger partial charge in [-0.1, -0.05) is 12.2 Å². The Balaban J connectivity index is 2.85. The topological polar surface area (TPSA) is 46.3 Å². The minimum Gasteiger partial charge on any atom is -0.392 e. The lowest BCUT2D eigenvalue weighted by Gasteiger charge is -2.16. The number of carbonyl (C=O) groups is 1. The van der Waals surface area contributed by atoms with E-state index in [0.717, 1.165) is 24.3 Å². The average molecular weight is 276 g/mol. The second-order valence-corrected chi connectivity index (χ2v) is 4.23. The first-order chi connectivity index (χ1) is 8.21. The number of amides is 1. The molecule has 1 aromatic rings. The monoisotopic (exact) mass is 276 g/mol. The highest BCUT2D eigenvalue weighted by molar-refractivity contribution is 7.80. The molecule has 1 rings (SSSR count). The van der Waals surface area contributed by atoms with Gasteiger partial charge in [-0.15, -0.1) is 0 Å². The highest BCUT2D eigenvalue weighted by atomic mass is 32.1. The van der Waals surface area contributed by atoms with Gasteiger partial charge in [0.15, 0.2) is 0 Å². The molecule has 0 saturated heterocycles. The number of thiocarbonyl (C=S) groups is 1. The summed E-state index contributed by atoms with van der Waals surface area (Å²) in [5.74, 6) is -0.434. The predicted octanol–water partition coefficient (Wildman–Crippen LogP) is 2.06. The molecular weight excluding hydrogens is 265 g/mol. The Morgan fingerprint density at radius 2 is 1.83 bits per heavy atom. The maximum absolute atomic E-state index is 12.3. The van der Waals surface area contributed by atoms with E-state index in [0.29, 0.717) is 0 Å². The van der Waals surface area contributed by atoms with E-state index >= 15 is 0 Å². The van der Waals surface area contributed by atoms with Crippen molar-refractivity contribution in [3.8, 4) is 0 Å². The van der Waals surface area contributed by atoms with Crippen molar-refractivity contribution in [2.75, 3.05) is 13.6 Å². The van der Waals surface area contributed by atoms with E-state index < -0.39 is 17.6 Å². The molecule has 0 aliphatic rings. The van der Waals surface area contributed by atoms with Crippen LogP contribution in [0.5, 0.6) is 0 Å². The number of hydrogen-bond donors (Lipinski definition) is 1. The molecule has 1 aromatic carbocycles. The second kappa shape index (κ2) is 5.34. The molecule has 0 aliphatic carbocycles. The number of carbonyl (C=O) groups excluding carboxylic acids is 1. The van der Waals surface area contributed by atoms with Crippen molar-refractivity contribution in [3.63, 3.8) is 0 Å². The summed E-state index contributed by atoms with van der Waals surface area (Å²) in [6.07, 6.45) is -4.41. The van der Waals surface area contributed by atoms with Crippen molar-refractivity contribution >= 4 is 23.1 Å². The van der Waals surface area contributed by atoms with Gasteiger partial charge in [0.2, 0.25) is 0 Å². The number of benzene rings is 1. The molecule has 0 aromatic heterocycles. The zero-order chi connectivity index (χ0) is 13.9. The van der Waals surface area contributed by atoms with Crippen LogP contribution in [0.15, 0.2) is 24.3 Å². The lowest BCUT2D eigenvalue weighted by Crippen LogP contribution is -2.34. The number of rotatable bonds is 3. The number of hydrogen-bond acceptors (Lipinski definition) is 2. The maximum atomic E-state index is 12.3. The van der Waals surface area contributed by atoms with E-state index in [2.05, 4.69) is 12.2 Å². The Morgan fingerprint density at radius 3 is 2.22 bits per heavy atom. The zero-order valence-corrected chi connectivity index (χ0v) is 10.3. The highest BCUT2D eigenvalue weighted by Crippen LogP contribution is 2.29. The van der Waals surface area contributed by atoms with Crippen LogP contribution in [0.1, 0.15) is 15.9 Å². The molecule has 7 heteroatoms. The molecule has 0 unspecified atom stereocenters. The highest BCUT2D eigenvalue weighted by Gasteiger charge is 2.30. The number of alkyl halides is 3. The Labute approximate surface area is 107 Å². The molecule has 0 fully saturated rings. The van der Waals surface area contributed by atoms with Crippen molar-refractivity contribution in [3.05, 3.63) is 35.4 Å². The maximum Gasteiger partial charge on any atom is 0.416 e. The summed E-state index contributed by atoms with van der Waals surface area (Å²) in [7, 11) is 1.47. The molecule has 98 valence electrons. The molecule has 0 bridgehead atoms. The van der Waals surface area contributed by atoms with Crippen molar-refractivity contribution in [2.45, 2.75) is 6.18 Å². The van der Waals surface area contributed by atoms with Gasteiger partial charge in [0, 0.05) is 12.6 Å². The molecule has 0 heterocycles. The zero-order valence-electron chi connectivity index (χ0n) is 9.49. The molecule has 0 aliphatic heterocycles. The van der Waals surface area contributed by atoms with Gasteiger partial charge < -0.3 is 10.6 Å². The summed E-state index contributed by atoms with van der Waals surface area (Å²) in [5, 5.41) is 0. The van der Waals surface area contributed by atoms with E-state index in [9.17, 15) is 18.0 Å². The molecule has 3 nitrogen and oxygen atoms in total. The van der Waals surface area contributed by atoms with Gasteiger partial charge >= 0.3 is 6.18 Å². The fourth-order valence-corrected chi connectivity index (χ4v) is 1.52.